The lowest BCUT2D eigenvalue weighted by atomic mass is 10.1. The Morgan fingerprint density at radius 2 is 0.625 bits per heavy atom. The van der Waals surface area contributed by atoms with Crippen molar-refractivity contribution in [2.24, 2.45) is 0 Å². The highest BCUT2D eigenvalue weighted by Gasteiger charge is 2.03. The predicted octanol–water partition coefficient (Wildman–Crippen LogP) is 14.3. The van der Waals surface area contributed by atoms with Gasteiger partial charge in [-0.15, -0.1) is 0 Å². The SMILES string of the molecule is CCCCCCCC/C=C\CCCCCCCC(=O)OCCC=CCCCCOC(=O)CCCCCCC/C=C\CCCCCCCC. The summed E-state index contributed by atoms with van der Waals surface area (Å²) in [7, 11) is 0. The van der Waals surface area contributed by atoms with Gasteiger partial charge in [-0.1, -0.05) is 153 Å². The predicted molar refractivity (Wildman–Crippen MR) is 208 cm³/mol. The fraction of sp³-hybridized carbons (Fsp3) is 0.818. The molecule has 0 aromatic heterocycles. The topological polar surface area (TPSA) is 52.6 Å². The van der Waals surface area contributed by atoms with Gasteiger partial charge in [0.2, 0.25) is 0 Å². The maximum absolute atomic E-state index is 12.0. The summed E-state index contributed by atoms with van der Waals surface area (Å²) >= 11 is 0. The second-order valence-electron chi connectivity index (χ2n) is 13.9. The van der Waals surface area contributed by atoms with Crippen molar-refractivity contribution >= 4 is 11.9 Å². The van der Waals surface area contributed by atoms with Crippen LogP contribution >= 0.6 is 0 Å². The fourth-order valence-corrected chi connectivity index (χ4v) is 5.85. The van der Waals surface area contributed by atoms with Crippen molar-refractivity contribution in [3.8, 4) is 0 Å². The van der Waals surface area contributed by atoms with Gasteiger partial charge in [0.1, 0.15) is 0 Å². The second kappa shape index (κ2) is 41.3. The van der Waals surface area contributed by atoms with Crippen LogP contribution in [0.5, 0.6) is 0 Å². The highest BCUT2D eigenvalue weighted by Crippen LogP contribution is 2.12. The van der Waals surface area contributed by atoms with E-state index in [9.17, 15) is 9.59 Å². The molecule has 4 nitrogen and oxygen atoms in total. The molecular weight excluding hydrogens is 592 g/mol. The van der Waals surface area contributed by atoms with E-state index in [0.29, 0.717) is 26.1 Å². The second-order valence-corrected chi connectivity index (χ2v) is 13.9. The minimum absolute atomic E-state index is 0.0493. The van der Waals surface area contributed by atoms with Crippen LogP contribution in [0.2, 0.25) is 0 Å². The van der Waals surface area contributed by atoms with Gasteiger partial charge in [0, 0.05) is 12.8 Å². The van der Waals surface area contributed by atoms with E-state index in [1.165, 1.54) is 141 Å². The number of esters is 2. The molecule has 0 spiro atoms. The Kier molecular flexibility index (Phi) is 39.7. The Labute approximate surface area is 299 Å². The lowest BCUT2D eigenvalue weighted by Crippen LogP contribution is -2.05. The number of ether oxygens (including phenoxy) is 2. The maximum Gasteiger partial charge on any atom is 0.305 e. The quantitative estimate of drug-likeness (QED) is 0.0372. The molecule has 0 rings (SSSR count). The number of carbonyl (C=O) groups is 2. The van der Waals surface area contributed by atoms with E-state index in [-0.39, 0.29) is 11.9 Å². The molecular formula is C44H80O4. The summed E-state index contributed by atoms with van der Waals surface area (Å²) in [4.78, 5) is 23.9. The summed E-state index contributed by atoms with van der Waals surface area (Å²) in [5.74, 6) is -0.114. The molecule has 0 aliphatic heterocycles. The maximum atomic E-state index is 12.0. The molecule has 0 N–H and O–H groups in total. The summed E-state index contributed by atoms with van der Waals surface area (Å²) in [5, 5.41) is 0. The van der Waals surface area contributed by atoms with Crippen molar-refractivity contribution in [2.75, 3.05) is 13.2 Å². The molecule has 4 heteroatoms. The van der Waals surface area contributed by atoms with Crippen LogP contribution in [0.1, 0.15) is 219 Å². The molecule has 0 heterocycles. The number of hydrogen-bond acceptors (Lipinski definition) is 4. The molecule has 0 saturated carbocycles. The van der Waals surface area contributed by atoms with Crippen molar-refractivity contribution in [3.05, 3.63) is 36.5 Å². The molecule has 0 fully saturated rings. The molecule has 0 unspecified atom stereocenters. The van der Waals surface area contributed by atoms with Gasteiger partial charge in [-0.2, -0.15) is 0 Å². The number of hydrogen-bond donors (Lipinski definition) is 0. The van der Waals surface area contributed by atoms with E-state index in [1.54, 1.807) is 0 Å². The van der Waals surface area contributed by atoms with Crippen LogP contribution in [0.3, 0.4) is 0 Å². The van der Waals surface area contributed by atoms with Crippen molar-refractivity contribution in [3.63, 3.8) is 0 Å². The first-order valence-electron chi connectivity index (χ1n) is 21.0. The molecule has 0 atom stereocenters. The van der Waals surface area contributed by atoms with Crippen molar-refractivity contribution in [2.45, 2.75) is 219 Å². The van der Waals surface area contributed by atoms with Gasteiger partial charge in [-0.05, 0) is 89.9 Å². The van der Waals surface area contributed by atoms with Gasteiger partial charge in [-0.3, -0.25) is 9.59 Å². The van der Waals surface area contributed by atoms with Gasteiger partial charge >= 0.3 is 11.9 Å². The lowest BCUT2D eigenvalue weighted by molar-refractivity contribution is -0.144. The smallest absolute Gasteiger partial charge is 0.305 e. The van der Waals surface area contributed by atoms with Crippen LogP contribution in [0.25, 0.3) is 0 Å². The van der Waals surface area contributed by atoms with Crippen LogP contribution in [0.4, 0.5) is 0 Å². The summed E-state index contributed by atoms with van der Waals surface area (Å²) in [6.07, 6.45) is 51.3. The monoisotopic (exact) mass is 673 g/mol. The van der Waals surface area contributed by atoms with E-state index < -0.39 is 0 Å². The van der Waals surface area contributed by atoms with Crippen LogP contribution in [0.15, 0.2) is 36.5 Å². The minimum atomic E-state index is -0.0652. The Balaban J connectivity index is 3.35. The molecule has 48 heavy (non-hydrogen) atoms. The zero-order chi connectivity index (χ0) is 34.9. The molecule has 0 radical (unpaired) electrons. The number of rotatable bonds is 38. The van der Waals surface area contributed by atoms with Crippen LogP contribution in [0, 0.1) is 0 Å². The fourth-order valence-electron chi connectivity index (χ4n) is 5.85. The van der Waals surface area contributed by atoms with Crippen LogP contribution < -0.4 is 0 Å². The largest absolute Gasteiger partial charge is 0.466 e. The van der Waals surface area contributed by atoms with E-state index in [1.807, 2.05) is 0 Å². The van der Waals surface area contributed by atoms with Gasteiger partial charge < -0.3 is 9.47 Å². The van der Waals surface area contributed by atoms with E-state index in [2.05, 4.69) is 50.3 Å². The molecule has 0 amide bonds. The number of allylic oxidation sites excluding steroid dienone is 5. The standard InChI is InChI=1S/C44H80O4/c1-3-5-7-9-11-13-15-17-19-21-23-25-27-31-35-39-43(45)47-41-37-33-29-30-34-38-42-48-44(46)40-36-32-28-26-24-22-20-18-16-14-12-10-8-6-4-2/h17-20,29,33H,3-16,21-28,30-32,34-42H2,1-2H3/b19-17-,20-18-,33-29?. The summed E-state index contributed by atoms with van der Waals surface area (Å²) in [5.41, 5.74) is 0. The summed E-state index contributed by atoms with van der Waals surface area (Å²) in [6, 6.07) is 0. The highest BCUT2D eigenvalue weighted by atomic mass is 16.5. The van der Waals surface area contributed by atoms with Gasteiger partial charge in [0.15, 0.2) is 0 Å². The van der Waals surface area contributed by atoms with Crippen LogP contribution in [-0.4, -0.2) is 25.2 Å². The van der Waals surface area contributed by atoms with Crippen molar-refractivity contribution in [1.82, 2.24) is 0 Å². The first-order chi connectivity index (χ1) is 23.7. The summed E-state index contributed by atoms with van der Waals surface area (Å²) in [6.45, 7) is 5.53. The third kappa shape index (κ3) is 40.3. The molecule has 0 saturated heterocycles. The van der Waals surface area contributed by atoms with Crippen molar-refractivity contribution in [1.29, 1.82) is 0 Å². The average Bonchev–Trinajstić information content (AvgIpc) is 3.09. The Morgan fingerprint density at radius 1 is 0.333 bits per heavy atom. The van der Waals surface area contributed by atoms with Gasteiger partial charge in [0.25, 0.3) is 0 Å². The lowest BCUT2D eigenvalue weighted by Gasteiger charge is -2.04. The van der Waals surface area contributed by atoms with Gasteiger partial charge in [0.05, 0.1) is 13.2 Å². The molecule has 0 bridgehead atoms. The van der Waals surface area contributed by atoms with E-state index in [0.717, 1.165) is 51.4 Å². The molecule has 0 aromatic carbocycles. The Hall–Kier alpha value is -1.84. The average molecular weight is 673 g/mol. The number of carbonyl (C=O) groups excluding carboxylic acids is 2. The summed E-state index contributed by atoms with van der Waals surface area (Å²) < 4.78 is 10.8. The first kappa shape index (κ1) is 46.2. The molecule has 0 aromatic rings. The van der Waals surface area contributed by atoms with Crippen molar-refractivity contribution < 1.29 is 19.1 Å². The van der Waals surface area contributed by atoms with Crippen LogP contribution in [-0.2, 0) is 19.1 Å². The third-order valence-electron chi connectivity index (χ3n) is 9.03. The van der Waals surface area contributed by atoms with Gasteiger partial charge in [-0.25, -0.2) is 0 Å². The molecule has 0 aliphatic carbocycles. The Morgan fingerprint density at radius 3 is 1.02 bits per heavy atom. The van der Waals surface area contributed by atoms with E-state index in [4.69, 9.17) is 9.47 Å². The molecule has 0 aliphatic rings. The zero-order valence-corrected chi connectivity index (χ0v) is 32.1. The minimum Gasteiger partial charge on any atom is -0.466 e. The first-order valence-corrected chi connectivity index (χ1v) is 21.0. The highest BCUT2D eigenvalue weighted by molar-refractivity contribution is 5.69. The zero-order valence-electron chi connectivity index (χ0n) is 32.1. The molecule has 280 valence electrons. The Bertz CT molecular complexity index is 753. The van der Waals surface area contributed by atoms with E-state index >= 15 is 0 Å². The normalized spacial score (nSPS) is 11.8. The number of unbranched alkanes of at least 4 members (excludes halogenated alkanes) is 24. The third-order valence-corrected chi connectivity index (χ3v) is 9.03.